The van der Waals surface area contributed by atoms with Crippen molar-refractivity contribution in [3.05, 3.63) is 41.8 Å². The third kappa shape index (κ3) is 6.60. The summed E-state index contributed by atoms with van der Waals surface area (Å²) in [5, 5.41) is 5.60. The lowest BCUT2D eigenvalue weighted by Crippen LogP contribution is -2.45. The van der Waals surface area contributed by atoms with Gasteiger partial charge in [0, 0.05) is 19.7 Å². The number of hydrogen-bond acceptors (Lipinski definition) is 4. The highest BCUT2D eigenvalue weighted by molar-refractivity contribution is 5.86. The monoisotopic (exact) mass is 397 g/mol. The highest BCUT2D eigenvalue weighted by atomic mass is 19.4. The van der Waals surface area contributed by atoms with Crippen LogP contribution in [0, 0.1) is 6.92 Å². The second kappa shape index (κ2) is 9.25. The number of amides is 1. The molecule has 0 bridgehead atoms. The molecular formula is C18H22F3N5O2. The first-order valence-electron chi connectivity index (χ1n) is 8.44. The molecule has 0 saturated heterocycles. The Labute approximate surface area is 160 Å². The van der Waals surface area contributed by atoms with Gasteiger partial charge in [0.05, 0.1) is 18.8 Å². The first kappa shape index (κ1) is 21.3. The van der Waals surface area contributed by atoms with Crippen molar-refractivity contribution in [2.24, 2.45) is 4.99 Å². The van der Waals surface area contributed by atoms with Crippen molar-refractivity contribution in [3.63, 3.8) is 0 Å². The van der Waals surface area contributed by atoms with Gasteiger partial charge in [-0.15, -0.1) is 0 Å². The molecule has 0 radical (unpaired) electrons. The summed E-state index contributed by atoms with van der Waals surface area (Å²) < 4.78 is 42.4. The van der Waals surface area contributed by atoms with Gasteiger partial charge in [0.1, 0.15) is 12.8 Å². The molecular weight excluding hydrogens is 375 g/mol. The van der Waals surface area contributed by atoms with Crippen LogP contribution in [0.15, 0.2) is 39.9 Å². The molecule has 0 fully saturated rings. The Morgan fingerprint density at radius 3 is 2.54 bits per heavy atom. The van der Waals surface area contributed by atoms with Gasteiger partial charge in [-0.25, -0.2) is 4.98 Å². The molecule has 0 aliphatic heterocycles. The standard InChI is InChI=1S/C18H22F3N5O2/c1-12-4-6-13(7-5-12)16-25-14(10-28-16)8-23-17(22-2)24-9-15(27)26(3)11-18(19,20)21/h4-7,10H,8-9,11H2,1-3H3,(H2,22,23,24). The van der Waals surface area contributed by atoms with Crippen molar-refractivity contribution < 1.29 is 22.4 Å². The van der Waals surface area contributed by atoms with Crippen LogP contribution in [0.3, 0.4) is 0 Å². The molecule has 1 aromatic heterocycles. The fraction of sp³-hybridized carbons (Fsp3) is 0.389. The maximum atomic E-state index is 12.3. The van der Waals surface area contributed by atoms with Crippen LogP contribution in [-0.2, 0) is 11.3 Å². The number of nitrogens with zero attached hydrogens (tertiary/aromatic N) is 3. The number of carbonyl (C=O) groups is 1. The van der Waals surface area contributed by atoms with Crippen molar-refractivity contribution in [2.75, 3.05) is 27.2 Å². The number of guanidine groups is 1. The Morgan fingerprint density at radius 2 is 1.93 bits per heavy atom. The van der Waals surface area contributed by atoms with E-state index in [4.69, 9.17) is 4.42 Å². The van der Waals surface area contributed by atoms with Crippen LogP contribution < -0.4 is 10.6 Å². The molecule has 0 aliphatic rings. The Balaban J connectivity index is 1.84. The first-order chi connectivity index (χ1) is 13.2. The molecule has 28 heavy (non-hydrogen) atoms. The number of hydrogen-bond donors (Lipinski definition) is 2. The molecule has 1 amide bonds. The van der Waals surface area contributed by atoms with E-state index in [1.165, 1.54) is 13.3 Å². The average molecular weight is 397 g/mol. The van der Waals surface area contributed by atoms with Gasteiger partial charge < -0.3 is 20.0 Å². The quantitative estimate of drug-likeness (QED) is 0.578. The third-order valence-corrected chi connectivity index (χ3v) is 3.76. The summed E-state index contributed by atoms with van der Waals surface area (Å²) in [7, 11) is 2.58. The van der Waals surface area contributed by atoms with Crippen LogP contribution in [0.1, 0.15) is 11.3 Å². The zero-order valence-electron chi connectivity index (χ0n) is 15.8. The van der Waals surface area contributed by atoms with Gasteiger partial charge in [-0.05, 0) is 19.1 Å². The zero-order valence-corrected chi connectivity index (χ0v) is 15.8. The van der Waals surface area contributed by atoms with E-state index in [0.29, 0.717) is 16.5 Å². The van der Waals surface area contributed by atoms with Crippen molar-refractivity contribution in [3.8, 4) is 11.5 Å². The van der Waals surface area contributed by atoms with E-state index < -0.39 is 18.6 Å². The summed E-state index contributed by atoms with van der Waals surface area (Å²) >= 11 is 0. The Kier molecular flexibility index (Phi) is 7.02. The average Bonchev–Trinajstić information content (AvgIpc) is 3.09. The largest absolute Gasteiger partial charge is 0.444 e. The van der Waals surface area contributed by atoms with E-state index in [9.17, 15) is 18.0 Å². The topological polar surface area (TPSA) is 82.8 Å². The predicted molar refractivity (Wildman–Crippen MR) is 98.6 cm³/mol. The molecule has 1 aromatic carbocycles. The van der Waals surface area contributed by atoms with E-state index in [1.54, 1.807) is 0 Å². The molecule has 2 aromatic rings. The number of carbonyl (C=O) groups excluding carboxylic acids is 1. The number of aliphatic imine (C=N–C) groups is 1. The lowest BCUT2D eigenvalue weighted by Gasteiger charge is -2.19. The molecule has 10 heteroatoms. The maximum absolute atomic E-state index is 12.3. The number of oxazole rings is 1. The smallest absolute Gasteiger partial charge is 0.406 e. The van der Waals surface area contributed by atoms with Crippen molar-refractivity contribution in [1.82, 2.24) is 20.5 Å². The number of aryl methyl sites for hydroxylation is 1. The molecule has 0 spiro atoms. The number of nitrogens with one attached hydrogen (secondary N) is 2. The molecule has 7 nitrogen and oxygen atoms in total. The van der Waals surface area contributed by atoms with Crippen molar-refractivity contribution in [1.29, 1.82) is 0 Å². The summed E-state index contributed by atoms with van der Waals surface area (Å²) in [6.45, 7) is 0.626. The van der Waals surface area contributed by atoms with Gasteiger partial charge >= 0.3 is 6.18 Å². The van der Waals surface area contributed by atoms with Crippen molar-refractivity contribution >= 4 is 11.9 Å². The van der Waals surface area contributed by atoms with Gasteiger partial charge in [-0.2, -0.15) is 13.2 Å². The van der Waals surface area contributed by atoms with E-state index >= 15 is 0 Å². The highest BCUT2D eigenvalue weighted by Gasteiger charge is 2.31. The normalized spacial score (nSPS) is 12.0. The second-order valence-corrected chi connectivity index (χ2v) is 6.15. The molecule has 0 saturated carbocycles. The Morgan fingerprint density at radius 1 is 1.25 bits per heavy atom. The lowest BCUT2D eigenvalue weighted by atomic mass is 10.1. The fourth-order valence-corrected chi connectivity index (χ4v) is 2.26. The van der Waals surface area contributed by atoms with Crippen molar-refractivity contribution in [2.45, 2.75) is 19.6 Å². The molecule has 2 N–H and O–H groups in total. The number of aromatic nitrogens is 1. The number of rotatable bonds is 6. The summed E-state index contributed by atoms with van der Waals surface area (Å²) in [6, 6.07) is 7.72. The van der Waals surface area contributed by atoms with Crippen LogP contribution in [0.2, 0.25) is 0 Å². The predicted octanol–water partition coefficient (Wildman–Crippen LogP) is 2.34. The summed E-state index contributed by atoms with van der Waals surface area (Å²) in [6.07, 6.45) is -2.94. The molecule has 1 heterocycles. The number of halogens is 3. The number of likely N-dealkylation sites (N-methyl/N-ethyl adjacent to an activating group) is 1. The minimum absolute atomic E-state index is 0.258. The van der Waals surface area contributed by atoms with Gasteiger partial charge in [-0.3, -0.25) is 9.79 Å². The van der Waals surface area contributed by atoms with E-state index in [1.807, 2.05) is 31.2 Å². The summed E-state index contributed by atoms with van der Waals surface area (Å²) in [5.41, 5.74) is 2.58. The van der Waals surface area contributed by atoms with Crippen LogP contribution in [0.25, 0.3) is 11.5 Å². The highest BCUT2D eigenvalue weighted by Crippen LogP contribution is 2.19. The Bertz CT molecular complexity index is 815. The van der Waals surface area contributed by atoms with Gasteiger partial charge in [0.25, 0.3) is 0 Å². The molecule has 0 atom stereocenters. The number of benzene rings is 1. The molecule has 2 rings (SSSR count). The first-order valence-corrected chi connectivity index (χ1v) is 8.44. The summed E-state index contributed by atoms with van der Waals surface area (Å²) in [4.78, 5) is 20.7. The fourth-order valence-electron chi connectivity index (χ4n) is 2.26. The van der Waals surface area contributed by atoms with E-state index in [0.717, 1.165) is 18.2 Å². The number of alkyl halides is 3. The van der Waals surface area contributed by atoms with Crippen LogP contribution >= 0.6 is 0 Å². The molecule has 0 aliphatic carbocycles. The van der Waals surface area contributed by atoms with Crippen LogP contribution in [0.4, 0.5) is 13.2 Å². The second-order valence-electron chi connectivity index (χ2n) is 6.15. The zero-order chi connectivity index (χ0) is 20.7. The third-order valence-electron chi connectivity index (χ3n) is 3.76. The van der Waals surface area contributed by atoms with Crippen LogP contribution in [-0.4, -0.2) is 55.1 Å². The molecule has 0 unspecified atom stereocenters. The molecule has 152 valence electrons. The van der Waals surface area contributed by atoms with Gasteiger partial charge in [0.15, 0.2) is 5.96 Å². The maximum Gasteiger partial charge on any atom is 0.406 e. The Hall–Kier alpha value is -3.04. The lowest BCUT2D eigenvalue weighted by molar-refractivity contribution is -0.157. The van der Waals surface area contributed by atoms with E-state index in [-0.39, 0.29) is 19.0 Å². The minimum Gasteiger partial charge on any atom is -0.444 e. The SMILES string of the molecule is CN=C(NCC(=O)N(C)CC(F)(F)F)NCc1coc(-c2ccc(C)cc2)n1. The minimum atomic E-state index is -4.44. The van der Waals surface area contributed by atoms with Gasteiger partial charge in [0.2, 0.25) is 11.8 Å². The van der Waals surface area contributed by atoms with E-state index in [2.05, 4.69) is 20.6 Å². The van der Waals surface area contributed by atoms with Gasteiger partial charge in [-0.1, -0.05) is 17.7 Å². The summed E-state index contributed by atoms with van der Waals surface area (Å²) in [5.74, 6) is 0.0284. The van der Waals surface area contributed by atoms with Crippen LogP contribution in [0.5, 0.6) is 0 Å².